The van der Waals surface area contributed by atoms with Crippen molar-refractivity contribution < 1.29 is 32.8 Å². The van der Waals surface area contributed by atoms with Crippen molar-refractivity contribution in [2.24, 2.45) is 0 Å². The standard InChI is InChI=1S/C14H13N5O10S/c20-6-13-28-7-12(29-13)17-4-3-11(15-14(17)21)16-30(26,27)10-2-1-8(18(22)23)5-9(10)19(24)25/h1-5,12-13,20H,6-7H2,(H,15,16,21). The average molecular weight is 443 g/mol. The summed E-state index contributed by atoms with van der Waals surface area (Å²) in [5.74, 6) is -0.443. The molecule has 160 valence electrons. The van der Waals surface area contributed by atoms with Crippen molar-refractivity contribution in [2.75, 3.05) is 17.9 Å². The highest BCUT2D eigenvalue weighted by Crippen LogP contribution is 2.29. The zero-order valence-corrected chi connectivity index (χ0v) is 15.6. The lowest BCUT2D eigenvalue weighted by molar-refractivity contribution is -0.396. The van der Waals surface area contributed by atoms with Crippen LogP contribution in [0.4, 0.5) is 17.2 Å². The van der Waals surface area contributed by atoms with Gasteiger partial charge in [-0.3, -0.25) is 29.5 Å². The first-order valence-corrected chi connectivity index (χ1v) is 9.53. The maximum atomic E-state index is 12.5. The average Bonchev–Trinajstić information content (AvgIpc) is 3.16. The van der Waals surface area contributed by atoms with Crippen LogP contribution >= 0.6 is 0 Å². The fourth-order valence-electron chi connectivity index (χ4n) is 2.56. The summed E-state index contributed by atoms with van der Waals surface area (Å²) in [5, 5.41) is 30.9. The number of ether oxygens (including phenoxy) is 2. The predicted octanol–water partition coefficient (Wildman–Crippen LogP) is -0.276. The molecule has 30 heavy (non-hydrogen) atoms. The van der Waals surface area contributed by atoms with Crippen LogP contribution in [0.5, 0.6) is 0 Å². The molecule has 0 amide bonds. The van der Waals surface area contributed by atoms with Gasteiger partial charge in [0.05, 0.1) is 29.1 Å². The second-order valence-electron chi connectivity index (χ2n) is 5.81. The van der Waals surface area contributed by atoms with E-state index in [0.29, 0.717) is 12.1 Å². The summed E-state index contributed by atoms with van der Waals surface area (Å²) < 4.78 is 38.3. The highest BCUT2D eigenvalue weighted by atomic mass is 32.2. The summed E-state index contributed by atoms with van der Waals surface area (Å²) in [7, 11) is -4.61. The highest BCUT2D eigenvalue weighted by molar-refractivity contribution is 7.92. The Hall–Kier alpha value is -3.47. The summed E-state index contributed by atoms with van der Waals surface area (Å²) in [6.45, 7) is -0.475. The van der Waals surface area contributed by atoms with Crippen LogP contribution in [0.25, 0.3) is 0 Å². The smallest absolute Gasteiger partial charge is 0.351 e. The molecule has 0 spiro atoms. The Morgan fingerprint density at radius 3 is 2.57 bits per heavy atom. The number of sulfonamides is 1. The van der Waals surface area contributed by atoms with Crippen molar-refractivity contribution in [2.45, 2.75) is 17.4 Å². The molecule has 0 saturated carbocycles. The van der Waals surface area contributed by atoms with Gasteiger partial charge in [-0.1, -0.05) is 0 Å². The molecule has 3 rings (SSSR count). The molecule has 2 atom stereocenters. The normalized spacial score (nSPS) is 18.8. The van der Waals surface area contributed by atoms with E-state index in [9.17, 15) is 33.4 Å². The van der Waals surface area contributed by atoms with E-state index in [-0.39, 0.29) is 6.61 Å². The van der Waals surface area contributed by atoms with Gasteiger partial charge in [0.25, 0.3) is 21.4 Å². The second-order valence-corrected chi connectivity index (χ2v) is 7.46. The van der Waals surface area contributed by atoms with E-state index in [1.807, 2.05) is 4.72 Å². The second kappa shape index (κ2) is 8.11. The van der Waals surface area contributed by atoms with Crippen LogP contribution in [0, 0.1) is 20.2 Å². The van der Waals surface area contributed by atoms with Gasteiger partial charge < -0.3 is 14.6 Å². The van der Waals surface area contributed by atoms with Gasteiger partial charge in [0.2, 0.25) is 0 Å². The molecule has 0 bridgehead atoms. The molecule has 1 saturated heterocycles. The molecule has 0 radical (unpaired) electrons. The fraction of sp³-hybridized carbons (Fsp3) is 0.286. The molecule has 16 heteroatoms. The molecular formula is C14H13N5O10S. The SMILES string of the molecule is O=c1nc(NS(=O)(=O)c2ccc([N+](=O)[O-])cc2[N+](=O)[O-])ccn1C1COC(CO)O1. The lowest BCUT2D eigenvalue weighted by Gasteiger charge is -2.13. The fourth-order valence-corrected chi connectivity index (χ4v) is 3.71. The maximum Gasteiger partial charge on any atom is 0.351 e. The Morgan fingerprint density at radius 1 is 1.27 bits per heavy atom. The summed E-state index contributed by atoms with van der Waals surface area (Å²) in [5.41, 5.74) is -2.60. The molecule has 2 N–H and O–H groups in total. The monoisotopic (exact) mass is 443 g/mol. The number of nitrogens with zero attached hydrogens (tertiary/aromatic N) is 4. The van der Waals surface area contributed by atoms with Gasteiger partial charge in [0, 0.05) is 12.3 Å². The van der Waals surface area contributed by atoms with E-state index < -0.39 is 66.8 Å². The summed E-state index contributed by atoms with van der Waals surface area (Å²) in [6.07, 6.45) is -0.642. The van der Waals surface area contributed by atoms with Gasteiger partial charge >= 0.3 is 5.69 Å². The number of benzene rings is 1. The van der Waals surface area contributed by atoms with Crippen LogP contribution in [0.2, 0.25) is 0 Å². The van der Waals surface area contributed by atoms with Crippen molar-refractivity contribution >= 4 is 27.2 Å². The number of aliphatic hydroxyl groups excluding tert-OH is 1. The van der Waals surface area contributed by atoms with Gasteiger partial charge in [-0.05, 0) is 12.1 Å². The Morgan fingerprint density at radius 2 is 2.00 bits per heavy atom. The van der Waals surface area contributed by atoms with Crippen molar-refractivity contribution in [3.63, 3.8) is 0 Å². The molecule has 2 heterocycles. The molecule has 1 aliphatic rings. The van der Waals surface area contributed by atoms with Gasteiger partial charge in [-0.2, -0.15) is 4.98 Å². The quantitative estimate of drug-likeness (QED) is 0.420. The van der Waals surface area contributed by atoms with Crippen molar-refractivity contribution in [3.05, 3.63) is 61.2 Å². The van der Waals surface area contributed by atoms with Gasteiger partial charge in [-0.25, -0.2) is 13.2 Å². The number of non-ortho nitro benzene ring substituents is 1. The van der Waals surface area contributed by atoms with Gasteiger partial charge in [0.15, 0.2) is 17.4 Å². The largest absolute Gasteiger partial charge is 0.391 e. The number of nitrogens with one attached hydrogen (secondary N) is 1. The third-order valence-electron chi connectivity index (χ3n) is 3.90. The number of rotatable bonds is 7. The third kappa shape index (κ3) is 4.25. The lowest BCUT2D eigenvalue weighted by atomic mass is 10.3. The van der Waals surface area contributed by atoms with E-state index in [1.165, 1.54) is 0 Å². The van der Waals surface area contributed by atoms with Crippen LogP contribution in [0.1, 0.15) is 6.23 Å². The molecule has 1 aromatic carbocycles. The molecule has 0 aliphatic carbocycles. The Balaban J connectivity index is 1.89. The molecule has 1 aromatic heterocycles. The number of aliphatic hydroxyl groups is 1. The molecule has 1 fully saturated rings. The van der Waals surface area contributed by atoms with Crippen LogP contribution < -0.4 is 10.4 Å². The van der Waals surface area contributed by atoms with Crippen molar-refractivity contribution in [3.8, 4) is 0 Å². The number of hydrogen-bond donors (Lipinski definition) is 2. The minimum Gasteiger partial charge on any atom is -0.391 e. The summed E-state index contributed by atoms with van der Waals surface area (Å²) in [6, 6.07) is 3.11. The zero-order valence-electron chi connectivity index (χ0n) is 14.8. The number of nitro groups is 2. The van der Waals surface area contributed by atoms with Crippen LogP contribution in [-0.2, 0) is 19.5 Å². The van der Waals surface area contributed by atoms with E-state index in [0.717, 1.165) is 22.9 Å². The van der Waals surface area contributed by atoms with Gasteiger partial charge in [0.1, 0.15) is 5.82 Å². The summed E-state index contributed by atoms with van der Waals surface area (Å²) >= 11 is 0. The van der Waals surface area contributed by atoms with Crippen LogP contribution in [-0.4, -0.2) is 52.4 Å². The first kappa shape index (κ1) is 21.2. The van der Waals surface area contributed by atoms with Crippen molar-refractivity contribution in [1.82, 2.24) is 9.55 Å². The Labute approximate surface area is 166 Å². The first-order valence-electron chi connectivity index (χ1n) is 8.05. The van der Waals surface area contributed by atoms with Crippen molar-refractivity contribution in [1.29, 1.82) is 0 Å². The number of hydrogen-bond acceptors (Lipinski definition) is 11. The molecule has 15 nitrogen and oxygen atoms in total. The van der Waals surface area contributed by atoms with E-state index in [4.69, 9.17) is 14.6 Å². The van der Waals surface area contributed by atoms with Crippen LogP contribution in [0.15, 0.2) is 40.2 Å². The van der Waals surface area contributed by atoms with Crippen LogP contribution in [0.3, 0.4) is 0 Å². The highest BCUT2D eigenvalue weighted by Gasteiger charge is 2.30. The summed E-state index contributed by atoms with van der Waals surface area (Å²) in [4.78, 5) is 34.8. The zero-order chi connectivity index (χ0) is 22.1. The first-order chi connectivity index (χ1) is 14.1. The molecule has 2 unspecified atom stereocenters. The number of aromatic nitrogens is 2. The minimum atomic E-state index is -4.61. The molecule has 2 aromatic rings. The predicted molar refractivity (Wildman–Crippen MR) is 96.0 cm³/mol. The van der Waals surface area contributed by atoms with E-state index in [2.05, 4.69) is 4.98 Å². The molecular weight excluding hydrogens is 430 g/mol. The van der Waals surface area contributed by atoms with Gasteiger partial charge in [-0.15, -0.1) is 0 Å². The Bertz CT molecular complexity index is 1160. The minimum absolute atomic E-state index is 0.0487. The maximum absolute atomic E-state index is 12.5. The van der Waals surface area contributed by atoms with E-state index in [1.54, 1.807) is 0 Å². The van der Waals surface area contributed by atoms with E-state index >= 15 is 0 Å². The number of anilines is 1. The third-order valence-corrected chi connectivity index (χ3v) is 5.30. The Kier molecular flexibility index (Phi) is 5.74. The topological polar surface area (TPSA) is 206 Å². The molecule has 1 aliphatic heterocycles. The lowest BCUT2D eigenvalue weighted by Crippen LogP contribution is -2.29. The number of nitro benzene ring substituents is 2.